The number of aryl methyl sites for hydroxylation is 1. The van der Waals surface area contributed by atoms with E-state index in [2.05, 4.69) is 52.7 Å². The van der Waals surface area contributed by atoms with Crippen LogP contribution in [0.25, 0.3) is 0 Å². The third-order valence-electron chi connectivity index (χ3n) is 6.79. The van der Waals surface area contributed by atoms with Gasteiger partial charge in [-0.05, 0) is 81.1 Å². The summed E-state index contributed by atoms with van der Waals surface area (Å²) in [5.41, 5.74) is 4.91. The molecule has 1 fully saturated rings. The first kappa shape index (κ1) is 20.4. The number of hydrogen-bond donors (Lipinski definition) is 1. The average Bonchev–Trinajstić information content (AvgIpc) is 3.00. The Hall–Kier alpha value is -1.91. The zero-order valence-corrected chi connectivity index (χ0v) is 18.3. The normalized spacial score (nSPS) is 19.2. The number of aromatic nitrogens is 2. The van der Waals surface area contributed by atoms with Crippen LogP contribution in [0, 0.1) is 0 Å². The van der Waals surface area contributed by atoms with E-state index in [1.54, 1.807) is 0 Å². The topological polar surface area (TPSA) is 41.0 Å². The Balaban J connectivity index is 1.30. The molecule has 0 bridgehead atoms. The van der Waals surface area contributed by atoms with E-state index < -0.39 is 0 Å². The SMILES string of the molecule is C=C1Nc2ccc(Cl)cc2C12CCN(CCCc1cnc(C(C)CC)nc1)CC2. The molecule has 0 radical (unpaired) electrons. The minimum atomic E-state index is 0.0381. The predicted octanol–water partition coefficient (Wildman–Crippen LogP) is 5.55. The van der Waals surface area contributed by atoms with Crippen LogP contribution < -0.4 is 5.32 Å². The van der Waals surface area contributed by atoms with Crippen molar-refractivity contribution in [2.45, 2.75) is 57.3 Å². The lowest BCUT2D eigenvalue weighted by molar-refractivity contribution is 0.179. The van der Waals surface area contributed by atoms with E-state index in [0.29, 0.717) is 5.92 Å². The molecule has 1 aromatic carbocycles. The van der Waals surface area contributed by atoms with Crippen LogP contribution in [0.5, 0.6) is 0 Å². The molecule has 4 nitrogen and oxygen atoms in total. The fraction of sp³-hybridized carbons (Fsp3) is 0.500. The van der Waals surface area contributed by atoms with E-state index in [4.69, 9.17) is 11.6 Å². The number of nitrogens with one attached hydrogen (secondary N) is 1. The highest BCUT2D eigenvalue weighted by Crippen LogP contribution is 2.50. The summed E-state index contributed by atoms with van der Waals surface area (Å²) in [6.45, 7) is 12.0. The Labute approximate surface area is 179 Å². The first-order chi connectivity index (χ1) is 14.0. The molecule has 1 spiro atoms. The quantitative estimate of drug-likeness (QED) is 0.677. The van der Waals surface area contributed by atoms with Crippen molar-refractivity contribution in [3.63, 3.8) is 0 Å². The molecule has 2 aliphatic heterocycles. The van der Waals surface area contributed by atoms with Gasteiger partial charge in [0.25, 0.3) is 0 Å². The lowest BCUT2D eigenvalue weighted by Crippen LogP contribution is -2.43. The highest BCUT2D eigenvalue weighted by molar-refractivity contribution is 6.30. The van der Waals surface area contributed by atoms with E-state index in [9.17, 15) is 0 Å². The van der Waals surface area contributed by atoms with Gasteiger partial charge in [0.2, 0.25) is 0 Å². The van der Waals surface area contributed by atoms with Crippen LogP contribution in [0.1, 0.15) is 62.4 Å². The molecule has 1 atom stereocenters. The minimum absolute atomic E-state index is 0.0381. The molecule has 2 aromatic rings. The molecule has 1 aromatic heterocycles. The standard InChI is InChI=1S/C24H31ClN4/c1-4-17(2)23-26-15-19(16-27-23)6-5-11-29-12-9-24(10-13-29)18(3)28-22-8-7-20(25)14-21(22)24/h7-8,14-17,28H,3-6,9-13H2,1-2H3. The van der Waals surface area contributed by atoms with Crippen LogP contribution in [0.2, 0.25) is 5.02 Å². The second kappa shape index (κ2) is 8.45. The van der Waals surface area contributed by atoms with E-state index in [0.717, 1.165) is 68.3 Å². The average molecular weight is 411 g/mol. The third-order valence-corrected chi connectivity index (χ3v) is 7.02. The van der Waals surface area contributed by atoms with Crippen molar-refractivity contribution in [3.05, 3.63) is 64.8 Å². The van der Waals surface area contributed by atoms with Crippen molar-refractivity contribution in [2.75, 3.05) is 25.0 Å². The summed E-state index contributed by atoms with van der Waals surface area (Å²) in [7, 11) is 0. The second-order valence-electron chi connectivity index (χ2n) is 8.58. The predicted molar refractivity (Wildman–Crippen MR) is 121 cm³/mol. The maximum atomic E-state index is 6.29. The number of hydrogen-bond acceptors (Lipinski definition) is 4. The summed E-state index contributed by atoms with van der Waals surface area (Å²) >= 11 is 6.29. The Kier molecular flexibility index (Phi) is 5.93. The molecule has 0 amide bonds. The van der Waals surface area contributed by atoms with E-state index in [1.165, 1.54) is 16.8 Å². The van der Waals surface area contributed by atoms with E-state index >= 15 is 0 Å². The van der Waals surface area contributed by atoms with Gasteiger partial charge in [0.05, 0.1) is 0 Å². The summed E-state index contributed by atoms with van der Waals surface area (Å²) in [5.74, 6) is 1.40. The van der Waals surface area contributed by atoms with Crippen molar-refractivity contribution in [1.29, 1.82) is 0 Å². The molecule has 3 heterocycles. The third kappa shape index (κ3) is 4.06. The summed E-state index contributed by atoms with van der Waals surface area (Å²) in [6.07, 6.45) is 9.46. The molecule has 1 N–H and O–H groups in total. The van der Waals surface area contributed by atoms with Gasteiger partial charge in [-0.15, -0.1) is 0 Å². The first-order valence-electron chi connectivity index (χ1n) is 10.8. The van der Waals surface area contributed by atoms with Crippen LogP contribution >= 0.6 is 11.6 Å². The van der Waals surface area contributed by atoms with Gasteiger partial charge in [-0.3, -0.25) is 0 Å². The minimum Gasteiger partial charge on any atom is -0.358 e. The highest BCUT2D eigenvalue weighted by Gasteiger charge is 2.44. The van der Waals surface area contributed by atoms with E-state index in [-0.39, 0.29) is 5.41 Å². The smallest absolute Gasteiger partial charge is 0.131 e. The maximum absolute atomic E-state index is 6.29. The number of likely N-dealkylation sites (tertiary alicyclic amines) is 1. The number of benzene rings is 1. The zero-order valence-electron chi connectivity index (χ0n) is 17.5. The first-order valence-corrected chi connectivity index (χ1v) is 11.2. The van der Waals surface area contributed by atoms with Gasteiger partial charge in [-0.1, -0.05) is 32.0 Å². The van der Waals surface area contributed by atoms with Gasteiger partial charge in [0, 0.05) is 40.1 Å². The van der Waals surface area contributed by atoms with Gasteiger partial charge in [-0.2, -0.15) is 0 Å². The Morgan fingerprint density at radius 1 is 1.24 bits per heavy atom. The summed E-state index contributed by atoms with van der Waals surface area (Å²) < 4.78 is 0. The van der Waals surface area contributed by atoms with Gasteiger partial charge >= 0.3 is 0 Å². The van der Waals surface area contributed by atoms with Crippen LogP contribution in [-0.4, -0.2) is 34.5 Å². The Bertz CT molecular complexity index is 869. The molecule has 29 heavy (non-hydrogen) atoms. The molecule has 4 rings (SSSR count). The summed E-state index contributed by atoms with van der Waals surface area (Å²) in [6, 6.07) is 6.16. The van der Waals surface area contributed by atoms with Crippen LogP contribution in [-0.2, 0) is 11.8 Å². The van der Waals surface area contributed by atoms with Crippen molar-refractivity contribution in [3.8, 4) is 0 Å². The fourth-order valence-corrected chi connectivity index (χ4v) is 4.81. The van der Waals surface area contributed by atoms with E-state index in [1.807, 2.05) is 18.5 Å². The highest BCUT2D eigenvalue weighted by atomic mass is 35.5. The number of piperidine rings is 1. The van der Waals surface area contributed by atoms with Crippen molar-refractivity contribution in [2.24, 2.45) is 0 Å². The molecular formula is C24H31ClN4. The molecular weight excluding hydrogens is 380 g/mol. The molecule has 154 valence electrons. The largest absolute Gasteiger partial charge is 0.358 e. The van der Waals surface area contributed by atoms with Gasteiger partial charge in [0.1, 0.15) is 5.82 Å². The van der Waals surface area contributed by atoms with Gasteiger partial charge in [0.15, 0.2) is 0 Å². The van der Waals surface area contributed by atoms with Crippen molar-refractivity contribution < 1.29 is 0 Å². The lowest BCUT2D eigenvalue weighted by Gasteiger charge is -2.40. The van der Waals surface area contributed by atoms with Crippen LogP contribution in [0.4, 0.5) is 5.69 Å². The van der Waals surface area contributed by atoms with Gasteiger partial charge < -0.3 is 10.2 Å². The molecule has 1 unspecified atom stereocenters. The molecule has 1 saturated heterocycles. The molecule has 5 heteroatoms. The number of fused-ring (bicyclic) bond motifs is 2. The zero-order chi connectivity index (χ0) is 20.4. The summed E-state index contributed by atoms with van der Waals surface area (Å²) in [5, 5.41) is 4.30. The maximum Gasteiger partial charge on any atom is 0.131 e. The molecule has 0 aliphatic carbocycles. The lowest BCUT2D eigenvalue weighted by atomic mass is 9.72. The number of allylic oxidation sites excluding steroid dienone is 1. The monoisotopic (exact) mass is 410 g/mol. The van der Waals surface area contributed by atoms with Gasteiger partial charge in [-0.25, -0.2) is 9.97 Å². The fourth-order valence-electron chi connectivity index (χ4n) is 4.63. The van der Waals surface area contributed by atoms with Crippen LogP contribution in [0.3, 0.4) is 0 Å². The molecule has 0 saturated carbocycles. The number of nitrogens with zero attached hydrogens (tertiary/aromatic N) is 3. The second-order valence-corrected chi connectivity index (χ2v) is 9.02. The Morgan fingerprint density at radius 3 is 2.66 bits per heavy atom. The number of anilines is 1. The number of rotatable bonds is 6. The van der Waals surface area contributed by atoms with Crippen molar-refractivity contribution in [1.82, 2.24) is 14.9 Å². The van der Waals surface area contributed by atoms with Crippen molar-refractivity contribution >= 4 is 17.3 Å². The molecule has 2 aliphatic rings. The van der Waals surface area contributed by atoms with Crippen LogP contribution in [0.15, 0.2) is 42.9 Å². The Morgan fingerprint density at radius 2 is 1.97 bits per heavy atom. The summed E-state index contributed by atoms with van der Waals surface area (Å²) in [4.78, 5) is 11.7. The number of halogens is 1.